The first-order valence-corrected chi connectivity index (χ1v) is 8.68. The van der Waals surface area contributed by atoms with Gasteiger partial charge in [-0.25, -0.2) is 9.97 Å². The Morgan fingerprint density at radius 3 is 2.48 bits per heavy atom. The smallest absolute Gasteiger partial charge is 0.422 e. The van der Waals surface area contributed by atoms with Gasteiger partial charge in [0.15, 0.2) is 6.61 Å². The van der Waals surface area contributed by atoms with Crippen LogP contribution in [0.15, 0.2) is 24.4 Å². The van der Waals surface area contributed by atoms with Crippen molar-refractivity contribution in [1.82, 2.24) is 15.3 Å². The highest BCUT2D eigenvalue weighted by atomic mass is 19.4. The number of aryl methyl sites for hydroxylation is 2. The van der Waals surface area contributed by atoms with Gasteiger partial charge in [0.05, 0.1) is 6.04 Å². The number of ether oxygens (including phenoxy) is 1. The lowest BCUT2D eigenvalue weighted by atomic mass is 10.1. The Kier molecular flexibility index (Phi) is 6.78. The number of halogens is 3. The van der Waals surface area contributed by atoms with Gasteiger partial charge >= 0.3 is 6.18 Å². The molecule has 2 rings (SSSR count). The van der Waals surface area contributed by atoms with Gasteiger partial charge in [0, 0.05) is 29.9 Å². The Morgan fingerprint density at radius 2 is 1.90 bits per heavy atom. The second-order valence-corrected chi connectivity index (χ2v) is 6.55. The number of anilines is 1. The molecule has 0 aromatic carbocycles. The van der Waals surface area contributed by atoms with E-state index >= 15 is 0 Å². The van der Waals surface area contributed by atoms with Gasteiger partial charge in [-0.1, -0.05) is 0 Å². The number of nitrogens with zero attached hydrogens (tertiary/aromatic N) is 2. The van der Waals surface area contributed by atoms with Crippen LogP contribution in [0, 0.1) is 13.8 Å². The molecule has 10 heteroatoms. The molecule has 156 valence electrons. The van der Waals surface area contributed by atoms with Crippen LogP contribution in [-0.2, 0) is 4.79 Å². The molecule has 0 saturated carbocycles. The van der Waals surface area contributed by atoms with Crippen LogP contribution in [0.2, 0.25) is 0 Å². The van der Waals surface area contributed by atoms with Crippen LogP contribution in [-0.4, -0.2) is 34.6 Å². The van der Waals surface area contributed by atoms with Crippen molar-refractivity contribution in [1.29, 1.82) is 0 Å². The first-order valence-electron chi connectivity index (χ1n) is 8.68. The minimum Gasteiger partial charge on any atom is -0.468 e. The molecule has 0 aliphatic carbocycles. The van der Waals surface area contributed by atoms with E-state index in [0.717, 1.165) is 0 Å². The van der Waals surface area contributed by atoms with Crippen LogP contribution in [0.4, 0.5) is 19.0 Å². The molecule has 0 bridgehead atoms. The first kappa shape index (κ1) is 22.1. The first-order chi connectivity index (χ1) is 13.4. The molecular weight excluding hydrogens is 389 g/mol. The monoisotopic (exact) mass is 410 g/mol. The van der Waals surface area contributed by atoms with Crippen molar-refractivity contribution in [3.05, 3.63) is 46.8 Å². The van der Waals surface area contributed by atoms with Crippen LogP contribution in [0.3, 0.4) is 0 Å². The molecular formula is C19H21F3N4O3. The normalized spacial score (nSPS) is 12.2. The molecule has 1 unspecified atom stereocenters. The second kappa shape index (κ2) is 8.89. The number of aromatic nitrogens is 2. The second-order valence-electron chi connectivity index (χ2n) is 6.55. The Morgan fingerprint density at radius 1 is 1.21 bits per heavy atom. The Bertz CT molecular complexity index is 916. The number of alkyl halides is 3. The zero-order valence-corrected chi connectivity index (χ0v) is 16.3. The van der Waals surface area contributed by atoms with Gasteiger partial charge in [0.25, 0.3) is 5.91 Å². The van der Waals surface area contributed by atoms with E-state index in [4.69, 9.17) is 0 Å². The van der Waals surface area contributed by atoms with Gasteiger partial charge in [0.1, 0.15) is 5.82 Å². The van der Waals surface area contributed by atoms with Crippen LogP contribution < -0.4 is 15.4 Å². The molecule has 7 nitrogen and oxygen atoms in total. The summed E-state index contributed by atoms with van der Waals surface area (Å²) in [5.74, 6) is -0.560. The highest BCUT2D eigenvalue weighted by Gasteiger charge is 2.29. The van der Waals surface area contributed by atoms with Crippen molar-refractivity contribution in [2.45, 2.75) is 39.9 Å². The van der Waals surface area contributed by atoms with Gasteiger partial charge in [0.2, 0.25) is 11.8 Å². The minimum atomic E-state index is -4.45. The average molecular weight is 410 g/mol. The molecule has 0 radical (unpaired) electrons. The standard InChI is InChI=1S/C19H21F3N4O3/c1-10-5-15(8-23-18(10)29-9-19(20,21)22)12(3)25-17(28)14-6-11(2)24-16(7-14)26-13(4)27/h5-8,12H,9H2,1-4H3,(H,25,28)(H,24,26,27). The van der Waals surface area contributed by atoms with Crippen molar-refractivity contribution in [2.24, 2.45) is 0 Å². The van der Waals surface area contributed by atoms with E-state index in [1.165, 1.54) is 19.2 Å². The number of hydrogen-bond acceptors (Lipinski definition) is 5. The Labute approximate surface area is 165 Å². The van der Waals surface area contributed by atoms with Gasteiger partial charge < -0.3 is 15.4 Å². The molecule has 29 heavy (non-hydrogen) atoms. The molecule has 0 aliphatic heterocycles. The van der Waals surface area contributed by atoms with Crippen molar-refractivity contribution in [2.75, 3.05) is 11.9 Å². The predicted molar refractivity (Wildman–Crippen MR) is 99.7 cm³/mol. The lowest BCUT2D eigenvalue weighted by Gasteiger charge is -2.17. The maximum absolute atomic E-state index is 12.6. The molecule has 2 amide bonds. The fraction of sp³-hybridized carbons (Fsp3) is 0.368. The highest BCUT2D eigenvalue weighted by Crippen LogP contribution is 2.23. The summed E-state index contributed by atoms with van der Waals surface area (Å²) in [6.07, 6.45) is -3.10. The van der Waals surface area contributed by atoms with Crippen LogP contribution >= 0.6 is 0 Å². The highest BCUT2D eigenvalue weighted by molar-refractivity contribution is 5.96. The summed E-state index contributed by atoms with van der Waals surface area (Å²) in [4.78, 5) is 31.8. The number of nitrogens with one attached hydrogen (secondary N) is 2. The number of carbonyl (C=O) groups excluding carboxylic acids is 2. The number of pyridine rings is 2. The molecule has 0 spiro atoms. The van der Waals surface area contributed by atoms with Crippen molar-refractivity contribution in [3.63, 3.8) is 0 Å². The molecule has 0 fully saturated rings. The zero-order valence-electron chi connectivity index (χ0n) is 16.3. The molecule has 2 aromatic heterocycles. The van der Waals surface area contributed by atoms with E-state index in [1.54, 1.807) is 32.9 Å². The quantitative estimate of drug-likeness (QED) is 0.761. The van der Waals surface area contributed by atoms with Gasteiger partial charge in [-0.3, -0.25) is 9.59 Å². The summed E-state index contributed by atoms with van der Waals surface area (Å²) in [5.41, 5.74) is 1.88. The molecule has 0 saturated heterocycles. The van der Waals surface area contributed by atoms with E-state index in [1.807, 2.05) is 0 Å². The number of hydrogen-bond donors (Lipinski definition) is 2. The third kappa shape index (κ3) is 6.74. The van der Waals surface area contributed by atoms with E-state index in [-0.39, 0.29) is 17.6 Å². The summed E-state index contributed by atoms with van der Waals surface area (Å²) in [6, 6.07) is 4.16. The van der Waals surface area contributed by atoms with Crippen molar-refractivity contribution in [3.8, 4) is 5.88 Å². The van der Waals surface area contributed by atoms with E-state index in [9.17, 15) is 22.8 Å². The Hall–Kier alpha value is -3.17. The van der Waals surface area contributed by atoms with Gasteiger partial charge in [-0.05, 0) is 44.5 Å². The third-order valence-electron chi connectivity index (χ3n) is 3.79. The number of carbonyl (C=O) groups is 2. The topological polar surface area (TPSA) is 93.2 Å². The van der Waals surface area contributed by atoms with Gasteiger partial charge in [-0.2, -0.15) is 13.2 Å². The summed E-state index contributed by atoms with van der Waals surface area (Å²) < 4.78 is 41.5. The lowest BCUT2D eigenvalue weighted by molar-refractivity contribution is -0.154. The maximum atomic E-state index is 12.6. The molecule has 2 aromatic rings. The van der Waals surface area contributed by atoms with Crippen LogP contribution in [0.5, 0.6) is 5.88 Å². The summed E-state index contributed by atoms with van der Waals surface area (Å²) in [5, 5.41) is 5.31. The summed E-state index contributed by atoms with van der Waals surface area (Å²) in [7, 11) is 0. The van der Waals surface area contributed by atoms with Crippen LogP contribution in [0.25, 0.3) is 0 Å². The van der Waals surface area contributed by atoms with Gasteiger partial charge in [-0.15, -0.1) is 0 Å². The molecule has 1 atom stereocenters. The number of rotatable bonds is 6. The largest absolute Gasteiger partial charge is 0.468 e. The molecule has 0 aliphatic rings. The average Bonchev–Trinajstić information content (AvgIpc) is 2.58. The fourth-order valence-electron chi connectivity index (χ4n) is 2.53. The minimum absolute atomic E-state index is 0.116. The molecule has 2 heterocycles. The fourth-order valence-corrected chi connectivity index (χ4v) is 2.53. The summed E-state index contributed by atoms with van der Waals surface area (Å²) in [6.45, 7) is 4.89. The van der Waals surface area contributed by atoms with E-state index in [2.05, 4.69) is 25.3 Å². The van der Waals surface area contributed by atoms with Crippen molar-refractivity contribution >= 4 is 17.6 Å². The SMILES string of the molecule is CC(=O)Nc1cc(C(=O)NC(C)c2cnc(OCC(F)(F)F)c(C)c2)cc(C)n1. The predicted octanol–water partition coefficient (Wildman–Crippen LogP) is 3.48. The third-order valence-corrected chi connectivity index (χ3v) is 3.79. The van der Waals surface area contributed by atoms with Crippen molar-refractivity contribution < 1.29 is 27.5 Å². The molecule has 2 N–H and O–H groups in total. The van der Waals surface area contributed by atoms with E-state index in [0.29, 0.717) is 22.4 Å². The number of amides is 2. The summed E-state index contributed by atoms with van der Waals surface area (Å²) >= 11 is 0. The van der Waals surface area contributed by atoms with E-state index < -0.39 is 24.7 Å². The maximum Gasteiger partial charge on any atom is 0.422 e. The van der Waals surface area contributed by atoms with Crippen LogP contribution in [0.1, 0.15) is 47.1 Å². The zero-order chi connectivity index (χ0) is 21.8. The lowest BCUT2D eigenvalue weighted by Crippen LogP contribution is -2.27. The Balaban J connectivity index is 2.10.